The second kappa shape index (κ2) is 8.37. The molecular weight excluding hydrogens is 530 g/mol. The van der Waals surface area contributed by atoms with Gasteiger partial charge >= 0.3 is 12.3 Å². The molecule has 0 atom stereocenters. The van der Waals surface area contributed by atoms with Crippen LogP contribution in [-0.2, 0) is 10.9 Å². The fourth-order valence-corrected chi connectivity index (χ4v) is 4.27. The highest BCUT2D eigenvalue weighted by molar-refractivity contribution is 14.1. The molecule has 0 spiro atoms. The Kier molecular flexibility index (Phi) is 6.38. The number of aromatic nitrogens is 3. The molecule has 0 saturated heterocycles. The van der Waals surface area contributed by atoms with Crippen LogP contribution in [0.2, 0.25) is 0 Å². The van der Waals surface area contributed by atoms with E-state index >= 15 is 0 Å². The maximum Gasteiger partial charge on any atom is 0.419 e. The number of nitrogens with zero attached hydrogens (tertiary/aromatic N) is 3. The number of carbonyl (C=O) groups excluding carboxylic acids is 1. The lowest BCUT2D eigenvalue weighted by atomic mass is 10.2. The molecule has 3 heterocycles. The highest BCUT2D eigenvalue weighted by Gasteiger charge is 2.33. The second-order valence-corrected chi connectivity index (χ2v) is 9.96. The Morgan fingerprint density at radius 3 is 2.47 bits per heavy atom. The summed E-state index contributed by atoms with van der Waals surface area (Å²) in [5.74, 6) is 0.762. The summed E-state index contributed by atoms with van der Waals surface area (Å²) in [6.45, 7) is 7.06. The van der Waals surface area contributed by atoms with E-state index < -0.39 is 23.4 Å². The minimum atomic E-state index is -4.59. The summed E-state index contributed by atoms with van der Waals surface area (Å²) in [6.07, 6.45) is -2.98. The van der Waals surface area contributed by atoms with Crippen LogP contribution in [0.3, 0.4) is 0 Å². The van der Waals surface area contributed by atoms with Crippen molar-refractivity contribution in [3.63, 3.8) is 0 Å². The Balaban J connectivity index is 2.31. The summed E-state index contributed by atoms with van der Waals surface area (Å²) in [5, 5.41) is 0. The first kappa shape index (κ1) is 22.9. The van der Waals surface area contributed by atoms with E-state index in [4.69, 9.17) is 4.74 Å². The van der Waals surface area contributed by atoms with Crippen LogP contribution in [0, 0.1) is 3.57 Å². The number of carbonyl (C=O) groups is 1. The lowest BCUT2D eigenvalue weighted by molar-refractivity contribution is -0.137. The maximum absolute atomic E-state index is 13.3. The predicted octanol–water partition coefficient (Wildman–Crippen LogP) is 6.62. The van der Waals surface area contributed by atoms with Gasteiger partial charge in [0.2, 0.25) is 0 Å². The van der Waals surface area contributed by atoms with Gasteiger partial charge in [0.05, 0.1) is 22.3 Å². The van der Waals surface area contributed by atoms with Gasteiger partial charge in [0.1, 0.15) is 11.3 Å². The van der Waals surface area contributed by atoms with Gasteiger partial charge in [-0.3, -0.25) is 9.97 Å². The van der Waals surface area contributed by atoms with Crippen LogP contribution in [0.1, 0.15) is 33.3 Å². The van der Waals surface area contributed by atoms with Crippen LogP contribution in [0.25, 0.3) is 22.4 Å². The van der Waals surface area contributed by atoms with Gasteiger partial charge in [0.25, 0.3) is 0 Å². The van der Waals surface area contributed by atoms with E-state index in [0.717, 1.165) is 31.0 Å². The molecule has 10 heteroatoms. The monoisotopic (exact) mass is 549 g/mol. The van der Waals surface area contributed by atoms with Gasteiger partial charge in [0.15, 0.2) is 0 Å². The van der Waals surface area contributed by atoms with Gasteiger partial charge in [-0.1, -0.05) is 6.92 Å². The van der Waals surface area contributed by atoms with E-state index in [1.54, 1.807) is 33.0 Å². The van der Waals surface area contributed by atoms with Gasteiger partial charge in [-0.2, -0.15) is 13.2 Å². The van der Waals surface area contributed by atoms with Crippen molar-refractivity contribution in [3.05, 3.63) is 39.7 Å². The van der Waals surface area contributed by atoms with Crippen LogP contribution < -0.4 is 0 Å². The number of alkyl halides is 3. The van der Waals surface area contributed by atoms with E-state index in [0.29, 0.717) is 11.4 Å². The topological polar surface area (TPSA) is 57.0 Å². The number of thioether (sulfide) groups is 1. The SMILES string of the molecule is CCSc1cc(I)cnc1-c1cc2ncc(C(F)(F)F)cc2n1C(=O)OC(C)(C)C. The molecule has 0 saturated carbocycles. The molecule has 0 radical (unpaired) electrons. The summed E-state index contributed by atoms with van der Waals surface area (Å²) < 4.78 is 47.3. The first-order valence-electron chi connectivity index (χ1n) is 9.01. The molecule has 0 unspecified atom stereocenters. The number of ether oxygens (including phenoxy) is 1. The lowest BCUT2D eigenvalue weighted by Crippen LogP contribution is -2.27. The van der Waals surface area contributed by atoms with E-state index in [1.807, 2.05) is 13.0 Å². The molecule has 3 aromatic rings. The van der Waals surface area contributed by atoms with Gasteiger partial charge < -0.3 is 4.74 Å². The van der Waals surface area contributed by atoms with Gasteiger partial charge in [-0.15, -0.1) is 11.8 Å². The van der Waals surface area contributed by atoms with Crippen LogP contribution >= 0.6 is 34.4 Å². The predicted molar refractivity (Wildman–Crippen MR) is 119 cm³/mol. The molecule has 0 fully saturated rings. The quantitative estimate of drug-likeness (QED) is 0.272. The summed E-state index contributed by atoms with van der Waals surface area (Å²) in [5.41, 5.74) is -0.694. The zero-order valence-corrected chi connectivity index (χ0v) is 19.6. The molecule has 0 amide bonds. The van der Waals surface area contributed by atoms with Gasteiger partial charge in [0, 0.05) is 20.9 Å². The molecule has 3 rings (SSSR count). The molecule has 0 aliphatic rings. The number of pyridine rings is 2. The fraction of sp³-hybridized carbons (Fsp3) is 0.350. The summed E-state index contributed by atoms with van der Waals surface area (Å²) in [4.78, 5) is 22.2. The maximum atomic E-state index is 13.3. The Labute approximate surface area is 189 Å². The third-order valence-corrected chi connectivity index (χ3v) is 5.42. The highest BCUT2D eigenvalue weighted by atomic mass is 127. The normalized spacial score (nSPS) is 12.4. The minimum Gasteiger partial charge on any atom is -0.443 e. The van der Waals surface area contributed by atoms with Crippen LogP contribution in [0.4, 0.5) is 18.0 Å². The number of halogens is 4. The zero-order valence-electron chi connectivity index (χ0n) is 16.7. The van der Waals surface area contributed by atoms with Crippen molar-refractivity contribution in [3.8, 4) is 11.4 Å². The van der Waals surface area contributed by atoms with E-state index in [2.05, 4.69) is 32.6 Å². The van der Waals surface area contributed by atoms with Gasteiger partial charge in [-0.05, 0) is 67.3 Å². The molecular formula is C20H19F3IN3O2S. The second-order valence-electron chi connectivity index (χ2n) is 7.40. The molecule has 0 bridgehead atoms. The summed E-state index contributed by atoms with van der Waals surface area (Å²) in [6, 6.07) is 4.39. The molecule has 160 valence electrons. The average molecular weight is 549 g/mol. The van der Waals surface area contributed by atoms with Crippen LogP contribution in [0.15, 0.2) is 35.5 Å². The molecule has 5 nitrogen and oxygen atoms in total. The van der Waals surface area contributed by atoms with Crippen molar-refractivity contribution in [2.45, 2.75) is 44.4 Å². The average Bonchev–Trinajstić information content (AvgIpc) is 2.98. The molecule has 0 aliphatic heterocycles. The first-order valence-corrected chi connectivity index (χ1v) is 11.1. The molecule has 0 aliphatic carbocycles. The zero-order chi connectivity index (χ0) is 22.3. The van der Waals surface area contributed by atoms with Crippen molar-refractivity contribution < 1.29 is 22.7 Å². The number of fused-ring (bicyclic) bond motifs is 1. The summed E-state index contributed by atoms with van der Waals surface area (Å²) in [7, 11) is 0. The third-order valence-electron chi connectivity index (χ3n) is 3.92. The molecule has 0 aromatic carbocycles. The number of rotatable bonds is 3. The Bertz CT molecular complexity index is 1110. The van der Waals surface area contributed by atoms with E-state index in [9.17, 15) is 18.0 Å². The Hall–Kier alpha value is -1.82. The highest BCUT2D eigenvalue weighted by Crippen LogP contribution is 2.36. The fourth-order valence-electron chi connectivity index (χ4n) is 2.79. The molecule has 30 heavy (non-hydrogen) atoms. The smallest absolute Gasteiger partial charge is 0.419 e. The Morgan fingerprint density at radius 1 is 1.17 bits per heavy atom. The van der Waals surface area contributed by atoms with Crippen LogP contribution in [-0.4, -0.2) is 32.0 Å². The number of hydrogen-bond donors (Lipinski definition) is 0. The summed E-state index contributed by atoms with van der Waals surface area (Å²) >= 11 is 3.67. The van der Waals surface area contributed by atoms with Gasteiger partial charge in [-0.25, -0.2) is 9.36 Å². The molecule has 3 aromatic heterocycles. The molecule has 0 N–H and O–H groups in total. The van der Waals surface area contributed by atoms with Crippen molar-refractivity contribution >= 4 is 51.5 Å². The number of hydrogen-bond acceptors (Lipinski definition) is 5. The van der Waals surface area contributed by atoms with E-state index in [1.165, 1.54) is 11.8 Å². The minimum absolute atomic E-state index is 0.0156. The van der Waals surface area contributed by atoms with Crippen molar-refractivity contribution in [1.29, 1.82) is 0 Å². The first-order chi connectivity index (χ1) is 13.9. The van der Waals surface area contributed by atoms with Crippen molar-refractivity contribution in [1.82, 2.24) is 14.5 Å². The Morgan fingerprint density at radius 2 is 1.87 bits per heavy atom. The van der Waals surface area contributed by atoms with E-state index in [-0.39, 0.29) is 11.0 Å². The van der Waals surface area contributed by atoms with Crippen LogP contribution in [0.5, 0.6) is 0 Å². The van der Waals surface area contributed by atoms with Crippen molar-refractivity contribution in [2.75, 3.05) is 5.75 Å². The third kappa shape index (κ3) is 4.90. The largest absolute Gasteiger partial charge is 0.443 e. The lowest BCUT2D eigenvalue weighted by Gasteiger charge is -2.21. The van der Waals surface area contributed by atoms with Crippen molar-refractivity contribution in [2.24, 2.45) is 0 Å². The standard InChI is InChI=1S/C20H19F3IN3O2S/c1-5-30-16-7-12(24)10-26-17(16)15-8-13-14(6-11(9-25-13)20(21,22)23)27(15)18(28)29-19(2,3)4/h6-10H,5H2,1-4H3.